The Labute approximate surface area is 176 Å². The molecule has 0 saturated heterocycles. The van der Waals surface area contributed by atoms with Crippen LogP contribution >= 0.6 is 0 Å². The van der Waals surface area contributed by atoms with E-state index in [1.54, 1.807) is 24.3 Å². The number of fused-ring (bicyclic) bond motifs is 1. The number of imidazole rings is 1. The fourth-order valence-corrected chi connectivity index (χ4v) is 2.50. The molecule has 108 valence electrons. The van der Waals surface area contributed by atoms with Crippen LogP contribution in [-0.4, -0.2) is 15.5 Å². The zero-order valence-corrected chi connectivity index (χ0v) is 16.0. The molecular formula is C17H12KN3O2. The van der Waals surface area contributed by atoms with Crippen molar-refractivity contribution in [1.82, 2.24) is 9.55 Å². The first-order valence-corrected chi connectivity index (χ1v) is 6.86. The van der Waals surface area contributed by atoms with Gasteiger partial charge in [0.05, 0.1) is 28.6 Å². The number of aryl methyl sites for hydroxylation is 1. The summed E-state index contributed by atoms with van der Waals surface area (Å²) in [5.41, 5.74) is 3.21. The molecule has 0 radical (unpaired) electrons. The van der Waals surface area contributed by atoms with Crippen LogP contribution in [0.2, 0.25) is 0 Å². The Balaban J connectivity index is 0.00000192. The monoisotopic (exact) mass is 329 g/mol. The summed E-state index contributed by atoms with van der Waals surface area (Å²) in [6.07, 6.45) is 0. The van der Waals surface area contributed by atoms with Crippen molar-refractivity contribution < 1.29 is 61.3 Å². The zero-order valence-electron chi connectivity index (χ0n) is 12.9. The molecule has 1 aromatic heterocycles. The number of benzene rings is 2. The van der Waals surface area contributed by atoms with Crippen molar-refractivity contribution in [3.63, 3.8) is 0 Å². The number of rotatable bonds is 3. The summed E-state index contributed by atoms with van der Waals surface area (Å²) >= 11 is 0. The van der Waals surface area contributed by atoms with E-state index in [-0.39, 0.29) is 56.9 Å². The van der Waals surface area contributed by atoms with Crippen molar-refractivity contribution in [2.45, 2.75) is 13.5 Å². The van der Waals surface area contributed by atoms with Gasteiger partial charge in [-0.25, -0.2) is 4.98 Å². The van der Waals surface area contributed by atoms with Crippen molar-refractivity contribution in [3.05, 3.63) is 53.6 Å². The van der Waals surface area contributed by atoms with Crippen molar-refractivity contribution in [2.75, 3.05) is 0 Å². The van der Waals surface area contributed by atoms with Crippen molar-refractivity contribution >= 4 is 17.0 Å². The number of nitriles is 1. The first-order chi connectivity index (χ1) is 10.6. The van der Waals surface area contributed by atoms with Crippen LogP contribution in [0.1, 0.15) is 22.8 Å². The third-order valence-corrected chi connectivity index (χ3v) is 3.57. The molecule has 0 fully saturated rings. The van der Waals surface area contributed by atoms with Crippen LogP contribution in [0, 0.1) is 11.3 Å². The second-order valence-electron chi connectivity index (χ2n) is 4.86. The Morgan fingerprint density at radius 1 is 1.26 bits per heavy atom. The standard InChI is InChI=1S/C17H13N3O2.K/c1-2-20-15-8-3-11(10-18)9-14(15)19-16(20)12-4-6-13(7-5-12)17(21)22;/h3-9H,2H2,1H3,(H,21,22);/q;+1/p-1. The molecule has 23 heavy (non-hydrogen) atoms. The summed E-state index contributed by atoms with van der Waals surface area (Å²) < 4.78 is 2.03. The smallest absolute Gasteiger partial charge is 0.545 e. The Kier molecular flexibility index (Phi) is 5.73. The maximum atomic E-state index is 10.8. The van der Waals surface area contributed by atoms with Gasteiger partial charge < -0.3 is 14.5 Å². The average Bonchev–Trinajstić information content (AvgIpc) is 2.92. The van der Waals surface area contributed by atoms with Crippen LogP contribution in [-0.2, 0) is 6.54 Å². The molecular weight excluding hydrogens is 317 g/mol. The summed E-state index contributed by atoms with van der Waals surface area (Å²) in [5.74, 6) is -0.452. The third kappa shape index (κ3) is 3.39. The first kappa shape index (κ1) is 17.9. The largest absolute Gasteiger partial charge is 1.00 e. The molecule has 3 rings (SSSR count). The maximum Gasteiger partial charge on any atom is 1.00 e. The van der Waals surface area contributed by atoms with Gasteiger partial charge in [-0.2, -0.15) is 5.26 Å². The number of nitrogens with zero attached hydrogens (tertiary/aromatic N) is 3. The molecule has 0 amide bonds. The number of carboxylic acids is 1. The first-order valence-electron chi connectivity index (χ1n) is 6.86. The number of aromatic carboxylic acids is 1. The summed E-state index contributed by atoms with van der Waals surface area (Å²) in [6, 6.07) is 13.9. The molecule has 6 heteroatoms. The van der Waals surface area contributed by atoms with E-state index < -0.39 is 5.97 Å². The molecule has 0 N–H and O–H groups in total. The van der Waals surface area contributed by atoms with Gasteiger partial charge in [0.25, 0.3) is 0 Å². The topological polar surface area (TPSA) is 81.7 Å². The normalized spacial score (nSPS) is 10.1. The molecule has 0 aliphatic carbocycles. The summed E-state index contributed by atoms with van der Waals surface area (Å²) in [4.78, 5) is 15.4. The van der Waals surface area contributed by atoms with E-state index in [1.165, 1.54) is 12.1 Å². The van der Waals surface area contributed by atoms with Crippen molar-refractivity contribution in [1.29, 1.82) is 5.26 Å². The number of carboxylic acid groups (broad SMARTS) is 1. The van der Waals surface area contributed by atoms with Crippen LogP contribution < -0.4 is 56.5 Å². The van der Waals surface area contributed by atoms with Gasteiger partial charge in [0.1, 0.15) is 5.82 Å². The van der Waals surface area contributed by atoms with Gasteiger partial charge >= 0.3 is 51.4 Å². The molecule has 2 aromatic carbocycles. The number of carbonyl (C=O) groups is 1. The van der Waals surface area contributed by atoms with E-state index in [4.69, 9.17) is 5.26 Å². The SMILES string of the molecule is CCn1c(-c2ccc(C(=O)[O-])cc2)nc2cc(C#N)ccc21.[K+]. The quantitative estimate of drug-likeness (QED) is 0.575. The van der Waals surface area contributed by atoms with E-state index in [0.29, 0.717) is 5.56 Å². The van der Waals surface area contributed by atoms with Crippen LogP contribution in [0.3, 0.4) is 0 Å². The van der Waals surface area contributed by atoms with Gasteiger partial charge in [-0.1, -0.05) is 24.3 Å². The van der Waals surface area contributed by atoms with Gasteiger partial charge in [0.15, 0.2) is 0 Å². The molecule has 0 saturated carbocycles. The Hall–Kier alpha value is -1.49. The number of aromatic nitrogens is 2. The van der Waals surface area contributed by atoms with Crippen molar-refractivity contribution in [2.24, 2.45) is 0 Å². The Morgan fingerprint density at radius 3 is 2.52 bits per heavy atom. The van der Waals surface area contributed by atoms with E-state index >= 15 is 0 Å². The van der Waals surface area contributed by atoms with Crippen LogP contribution in [0.5, 0.6) is 0 Å². The van der Waals surface area contributed by atoms with E-state index in [2.05, 4.69) is 11.1 Å². The predicted molar refractivity (Wildman–Crippen MR) is 79.9 cm³/mol. The summed E-state index contributed by atoms with van der Waals surface area (Å²) in [7, 11) is 0. The minimum atomic E-state index is -1.20. The molecule has 0 atom stereocenters. The second kappa shape index (κ2) is 7.38. The predicted octanol–water partition coefficient (Wildman–Crippen LogP) is -1.04. The number of hydrogen-bond donors (Lipinski definition) is 0. The summed E-state index contributed by atoms with van der Waals surface area (Å²) in [5, 5.41) is 19.8. The molecule has 0 aliphatic heterocycles. The maximum absolute atomic E-state index is 10.8. The summed E-state index contributed by atoms with van der Waals surface area (Å²) in [6.45, 7) is 2.73. The van der Waals surface area contributed by atoms with E-state index in [0.717, 1.165) is 29.0 Å². The van der Waals surface area contributed by atoms with Crippen LogP contribution in [0.25, 0.3) is 22.4 Å². The molecule has 0 bridgehead atoms. The van der Waals surface area contributed by atoms with E-state index in [9.17, 15) is 9.90 Å². The van der Waals surface area contributed by atoms with Gasteiger partial charge in [0.2, 0.25) is 0 Å². The van der Waals surface area contributed by atoms with Gasteiger partial charge in [-0.15, -0.1) is 0 Å². The van der Waals surface area contributed by atoms with Crippen LogP contribution in [0.15, 0.2) is 42.5 Å². The van der Waals surface area contributed by atoms with Crippen LogP contribution in [0.4, 0.5) is 0 Å². The molecule has 0 spiro atoms. The van der Waals surface area contributed by atoms with Crippen molar-refractivity contribution in [3.8, 4) is 17.5 Å². The number of hydrogen-bond acceptors (Lipinski definition) is 4. The molecule has 5 nitrogen and oxygen atoms in total. The molecule has 3 aromatic rings. The Morgan fingerprint density at radius 2 is 1.96 bits per heavy atom. The zero-order chi connectivity index (χ0) is 15.7. The fourth-order valence-electron chi connectivity index (χ4n) is 2.50. The van der Waals surface area contributed by atoms with E-state index in [1.807, 2.05) is 17.6 Å². The second-order valence-corrected chi connectivity index (χ2v) is 4.86. The average molecular weight is 329 g/mol. The Bertz CT molecular complexity index is 908. The van der Waals surface area contributed by atoms with Gasteiger partial charge in [0, 0.05) is 12.1 Å². The third-order valence-electron chi connectivity index (χ3n) is 3.57. The minimum Gasteiger partial charge on any atom is -0.545 e. The fraction of sp³-hybridized carbons (Fsp3) is 0.118. The number of carbonyl (C=O) groups excluding carboxylic acids is 1. The molecule has 0 unspecified atom stereocenters. The minimum absolute atomic E-state index is 0. The van der Waals surface area contributed by atoms with Gasteiger partial charge in [-0.3, -0.25) is 0 Å². The van der Waals surface area contributed by atoms with Gasteiger partial charge in [-0.05, 0) is 30.7 Å². The molecule has 0 aliphatic rings. The molecule has 1 heterocycles.